The van der Waals surface area contributed by atoms with Crippen molar-refractivity contribution >= 4 is 0 Å². The highest BCUT2D eigenvalue weighted by Gasteiger charge is 2.13. The molecule has 92 valence electrons. The Morgan fingerprint density at radius 2 is 1.79 bits per heavy atom. The first-order chi connectivity index (χ1) is 9.40. The number of nitrogens with zero attached hydrogens (tertiary/aromatic N) is 4. The van der Waals surface area contributed by atoms with Crippen LogP contribution in [0, 0.1) is 11.3 Å². The van der Waals surface area contributed by atoms with Gasteiger partial charge in [0.25, 0.3) is 0 Å². The fourth-order valence-corrected chi connectivity index (χ4v) is 2.09. The van der Waals surface area contributed by atoms with Crippen LogP contribution in [0.25, 0.3) is 11.5 Å². The first-order valence-electron chi connectivity index (χ1n) is 6.03. The number of hydrogen-bond acceptors (Lipinski definition) is 2. The quantitative estimate of drug-likeness (QED) is 0.715. The van der Waals surface area contributed by atoms with Crippen molar-refractivity contribution in [2.45, 2.75) is 6.42 Å². The maximum atomic E-state index is 8.93. The molecule has 0 saturated carbocycles. The molecule has 0 atom stereocenters. The summed E-state index contributed by atoms with van der Waals surface area (Å²) in [6.45, 7) is 0. The molecule has 4 heteroatoms. The van der Waals surface area contributed by atoms with Gasteiger partial charge in [0.05, 0.1) is 24.4 Å². The number of rotatable bonds is 3. The molecule has 0 aliphatic carbocycles. The lowest BCUT2D eigenvalue weighted by Crippen LogP contribution is -2.05. The monoisotopic (exact) mass is 248 g/mol. The number of aromatic nitrogens is 3. The minimum Gasteiger partial charge on any atom is -0.308 e. The summed E-state index contributed by atoms with van der Waals surface area (Å²) in [5, 5.41) is 13.3. The fourth-order valence-electron chi connectivity index (χ4n) is 2.09. The number of benzene rings is 1. The summed E-state index contributed by atoms with van der Waals surface area (Å²) in [4.78, 5) is 0. The standard InChI is InChI=1S/C15H12N4/c16-9-8-13-12-17-19(14-6-2-1-3-7-14)15(13)18-10-4-5-11-18/h1-7,10-12H,8H2. The molecule has 3 rings (SSSR count). The molecule has 0 radical (unpaired) electrons. The minimum atomic E-state index is 0.348. The second kappa shape index (κ2) is 4.83. The van der Waals surface area contributed by atoms with Crippen molar-refractivity contribution in [1.82, 2.24) is 14.3 Å². The zero-order valence-corrected chi connectivity index (χ0v) is 10.3. The van der Waals surface area contributed by atoms with E-state index in [0.29, 0.717) is 6.42 Å². The Morgan fingerprint density at radius 3 is 2.47 bits per heavy atom. The smallest absolute Gasteiger partial charge is 0.144 e. The molecule has 0 N–H and O–H groups in total. The summed E-state index contributed by atoms with van der Waals surface area (Å²) in [5.41, 5.74) is 1.90. The highest BCUT2D eigenvalue weighted by molar-refractivity contribution is 5.44. The molecule has 0 bridgehead atoms. The summed E-state index contributed by atoms with van der Waals surface area (Å²) >= 11 is 0. The van der Waals surface area contributed by atoms with Crippen molar-refractivity contribution in [3.63, 3.8) is 0 Å². The van der Waals surface area contributed by atoms with Gasteiger partial charge >= 0.3 is 0 Å². The number of nitriles is 1. The van der Waals surface area contributed by atoms with E-state index >= 15 is 0 Å². The average Bonchev–Trinajstić information content (AvgIpc) is 3.08. The van der Waals surface area contributed by atoms with Gasteiger partial charge in [-0.15, -0.1) is 0 Å². The van der Waals surface area contributed by atoms with Gasteiger partial charge in [0.1, 0.15) is 5.82 Å². The first-order valence-corrected chi connectivity index (χ1v) is 6.03. The molecule has 4 nitrogen and oxygen atoms in total. The van der Waals surface area contributed by atoms with Crippen LogP contribution in [0.5, 0.6) is 0 Å². The van der Waals surface area contributed by atoms with Gasteiger partial charge in [0.15, 0.2) is 0 Å². The van der Waals surface area contributed by atoms with Crippen molar-refractivity contribution in [2.75, 3.05) is 0 Å². The van der Waals surface area contributed by atoms with Crippen LogP contribution in [-0.2, 0) is 6.42 Å². The molecule has 2 aromatic heterocycles. The van der Waals surface area contributed by atoms with Crippen molar-refractivity contribution in [2.24, 2.45) is 0 Å². The van der Waals surface area contributed by atoms with Crippen LogP contribution < -0.4 is 0 Å². The lowest BCUT2D eigenvalue weighted by molar-refractivity contribution is 0.821. The van der Waals surface area contributed by atoms with Gasteiger partial charge in [-0.25, -0.2) is 4.68 Å². The van der Waals surface area contributed by atoms with Gasteiger partial charge in [-0.1, -0.05) is 18.2 Å². The van der Waals surface area contributed by atoms with Crippen LogP contribution in [-0.4, -0.2) is 14.3 Å². The Balaban J connectivity index is 2.19. The van der Waals surface area contributed by atoms with Gasteiger partial charge in [-0.2, -0.15) is 10.4 Å². The van der Waals surface area contributed by atoms with E-state index in [1.54, 1.807) is 6.20 Å². The second-order valence-corrected chi connectivity index (χ2v) is 4.17. The molecule has 2 heterocycles. The Labute approximate surface area is 111 Å². The molecular formula is C15H12N4. The number of para-hydroxylation sites is 1. The van der Waals surface area contributed by atoms with Crippen LogP contribution in [0.2, 0.25) is 0 Å². The Bertz CT molecular complexity index is 702. The van der Waals surface area contributed by atoms with Gasteiger partial charge in [-0.05, 0) is 24.3 Å². The maximum Gasteiger partial charge on any atom is 0.144 e. The molecule has 0 unspecified atom stereocenters. The molecule has 3 aromatic rings. The molecular weight excluding hydrogens is 236 g/mol. The molecule has 1 aromatic carbocycles. The Hall–Kier alpha value is -2.80. The molecule has 0 spiro atoms. The van der Waals surface area contributed by atoms with Crippen LogP contribution in [0.15, 0.2) is 61.1 Å². The van der Waals surface area contributed by atoms with Crippen molar-refractivity contribution in [3.8, 4) is 17.6 Å². The van der Waals surface area contributed by atoms with E-state index in [1.165, 1.54) is 0 Å². The third-order valence-electron chi connectivity index (χ3n) is 2.94. The van der Waals surface area contributed by atoms with Gasteiger partial charge in [0, 0.05) is 18.0 Å². The highest BCUT2D eigenvalue weighted by Crippen LogP contribution is 2.19. The maximum absolute atomic E-state index is 8.93. The lowest BCUT2D eigenvalue weighted by Gasteiger charge is -2.09. The van der Waals surface area contributed by atoms with Gasteiger partial charge < -0.3 is 4.57 Å². The summed E-state index contributed by atoms with van der Waals surface area (Å²) in [7, 11) is 0. The Morgan fingerprint density at radius 1 is 1.05 bits per heavy atom. The van der Waals surface area contributed by atoms with Gasteiger partial charge in [-0.3, -0.25) is 0 Å². The molecule has 0 aliphatic heterocycles. The van der Waals surface area contributed by atoms with Crippen molar-refractivity contribution in [3.05, 3.63) is 66.6 Å². The fraction of sp³-hybridized carbons (Fsp3) is 0.0667. The molecule has 0 saturated heterocycles. The molecule has 19 heavy (non-hydrogen) atoms. The van der Waals surface area contributed by atoms with E-state index in [9.17, 15) is 0 Å². The molecule has 0 aliphatic rings. The summed E-state index contributed by atoms with van der Waals surface area (Å²) < 4.78 is 3.83. The van der Waals surface area contributed by atoms with E-state index in [4.69, 9.17) is 5.26 Å². The first kappa shape index (κ1) is 11.3. The molecule has 0 amide bonds. The van der Waals surface area contributed by atoms with Crippen LogP contribution in [0.3, 0.4) is 0 Å². The third-order valence-corrected chi connectivity index (χ3v) is 2.94. The lowest BCUT2D eigenvalue weighted by atomic mass is 10.2. The van der Waals surface area contributed by atoms with E-state index in [0.717, 1.165) is 17.1 Å². The number of hydrogen-bond donors (Lipinski definition) is 0. The van der Waals surface area contributed by atoms with Crippen molar-refractivity contribution in [1.29, 1.82) is 5.26 Å². The zero-order valence-electron chi connectivity index (χ0n) is 10.3. The van der Waals surface area contributed by atoms with E-state index in [-0.39, 0.29) is 0 Å². The normalized spacial score (nSPS) is 10.3. The van der Waals surface area contributed by atoms with Crippen molar-refractivity contribution < 1.29 is 0 Å². The van der Waals surface area contributed by atoms with Crippen LogP contribution in [0.1, 0.15) is 5.56 Å². The SMILES string of the molecule is N#CCc1cnn(-c2ccccc2)c1-n1cccc1. The highest BCUT2D eigenvalue weighted by atomic mass is 15.3. The predicted molar refractivity (Wildman–Crippen MR) is 72.2 cm³/mol. The Kier molecular flexibility index (Phi) is 2.87. The third kappa shape index (κ3) is 2.02. The van der Waals surface area contributed by atoms with Gasteiger partial charge in [0.2, 0.25) is 0 Å². The summed E-state index contributed by atoms with van der Waals surface area (Å²) in [5.74, 6) is 0.915. The van der Waals surface area contributed by atoms with E-state index in [1.807, 2.05) is 64.1 Å². The van der Waals surface area contributed by atoms with Crippen LogP contribution >= 0.6 is 0 Å². The second-order valence-electron chi connectivity index (χ2n) is 4.17. The minimum absolute atomic E-state index is 0.348. The zero-order chi connectivity index (χ0) is 13.1. The summed E-state index contributed by atoms with van der Waals surface area (Å²) in [6.07, 6.45) is 6.01. The molecule has 0 fully saturated rings. The van der Waals surface area contributed by atoms with E-state index in [2.05, 4.69) is 11.2 Å². The van der Waals surface area contributed by atoms with Crippen LogP contribution in [0.4, 0.5) is 0 Å². The van der Waals surface area contributed by atoms with E-state index < -0.39 is 0 Å². The summed E-state index contributed by atoms with van der Waals surface area (Å²) in [6, 6.07) is 16.0. The topological polar surface area (TPSA) is 46.5 Å². The average molecular weight is 248 g/mol. The largest absolute Gasteiger partial charge is 0.308 e. The predicted octanol–water partition coefficient (Wildman–Crippen LogP) is 2.73.